The van der Waals surface area contributed by atoms with Crippen molar-refractivity contribution in [2.24, 2.45) is 0 Å². The number of nitrogens with one attached hydrogen (secondary N) is 2. The van der Waals surface area contributed by atoms with Crippen LogP contribution in [0.2, 0.25) is 0 Å². The van der Waals surface area contributed by atoms with Gasteiger partial charge in [0.05, 0.1) is 6.20 Å². The molecule has 110 valence electrons. The fraction of sp³-hybridized carbons (Fsp3) is 0.0833. The van der Waals surface area contributed by atoms with Gasteiger partial charge in [-0.1, -0.05) is 0 Å². The van der Waals surface area contributed by atoms with Gasteiger partial charge in [-0.05, 0) is 30.7 Å². The number of pyridine rings is 1. The lowest BCUT2D eigenvalue weighted by Gasteiger charge is -2.05. The van der Waals surface area contributed by atoms with Gasteiger partial charge < -0.3 is 10.1 Å². The Bertz CT molecular complexity index is 795. The Hall–Kier alpha value is -2.68. The zero-order valence-corrected chi connectivity index (χ0v) is 11.8. The summed E-state index contributed by atoms with van der Waals surface area (Å²) in [5.41, 5.74) is 0.505. The number of aryl methyl sites for hydroxylation is 1. The van der Waals surface area contributed by atoms with Gasteiger partial charge in [-0.2, -0.15) is 8.42 Å². The second kappa shape index (κ2) is 5.75. The van der Waals surface area contributed by atoms with Crippen LogP contribution in [0.15, 0.2) is 35.6 Å². The fourth-order valence-electron chi connectivity index (χ4n) is 1.50. The number of aliphatic carboxylic acids is 1. The molecule has 0 bridgehead atoms. The van der Waals surface area contributed by atoms with E-state index in [1.807, 2.05) is 0 Å². The van der Waals surface area contributed by atoms with Crippen LogP contribution in [-0.2, 0) is 14.8 Å². The average molecular weight is 308 g/mol. The molecule has 0 aliphatic carbocycles. The van der Waals surface area contributed by atoms with Crippen LogP contribution in [0.5, 0.6) is 0 Å². The number of nitrogens with zero attached hydrogens (tertiary/aromatic N) is 2. The molecule has 0 fully saturated rings. The van der Waals surface area contributed by atoms with E-state index in [-0.39, 0.29) is 10.8 Å². The van der Waals surface area contributed by atoms with Gasteiger partial charge in [-0.15, -0.1) is 0 Å². The van der Waals surface area contributed by atoms with Crippen LogP contribution in [0, 0.1) is 6.92 Å². The molecule has 0 saturated heterocycles. The molecule has 0 unspecified atom stereocenters. The van der Waals surface area contributed by atoms with E-state index in [0.29, 0.717) is 11.4 Å². The van der Waals surface area contributed by atoms with Crippen molar-refractivity contribution < 1.29 is 18.3 Å². The predicted octanol–water partition coefficient (Wildman–Crippen LogP) is 1.01. The molecule has 0 saturated carbocycles. The third-order valence-electron chi connectivity index (χ3n) is 2.41. The number of sulfonamides is 1. The highest BCUT2D eigenvalue weighted by molar-refractivity contribution is 7.92. The summed E-state index contributed by atoms with van der Waals surface area (Å²) in [5.74, 6) is -0.543. The van der Waals surface area contributed by atoms with E-state index in [1.54, 1.807) is 13.0 Å². The maximum absolute atomic E-state index is 12.1. The molecule has 0 aliphatic rings. The lowest BCUT2D eigenvalue weighted by atomic mass is 10.2. The molecule has 0 atom stereocenters. The normalized spacial score (nSPS) is 11.7. The van der Waals surface area contributed by atoms with E-state index in [4.69, 9.17) is 5.11 Å². The first-order valence-corrected chi connectivity index (χ1v) is 7.26. The number of rotatable bonds is 5. The molecule has 0 amide bonds. The topological polar surface area (TPSA) is 125 Å². The fourth-order valence-corrected chi connectivity index (χ4v) is 2.47. The number of imidazole rings is 1. The van der Waals surface area contributed by atoms with E-state index in [0.717, 1.165) is 6.08 Å². The summed E-state index contributed by atoms with van der Waals surface area (Å²) in [6, 6.07) is 2.97. The van der Waals surface area contributed by atoms with Crippen LogP contribution >= 0.6 is 0 Å². The molecular weight excluding hydrogens is 296 g/mol. The number of aromatic amines is 1. The second-order valence-electron chi connectivity index (χ2n) is 4.08. The molecule has 0 aliphatic heterocycles. The molecule has 0 spiro atoms. The summed E-state index contributed by atoms with van der Waals surface area (Å²) in [6.07, 6.45) is 4.86. The van der Waals surface area contributed by atoms with Crippen LogP contribution in [0.25, 0.3) is 6.08 Å². The molecule has 0 aromatic carbocycles. The maximum atomic E-state index is 12.1. The van der Waals surface area contributed by atoms with Gasteiger partial charge in [0, 0.05) is 12.3 Å². The molecule has 2 rings (SSSR count). The summed E-state index contributed by atoms with van der Waals surface area (Å²) >= 11 is 0. The Kier molecular flexibility index (Phi) is 4.03. The minimum absolute atomic E-state index is 0.0757. The molecule has 2 heterocycles. The standard InChI is InChI=1S/C12H12N4O4S/c1-8-14-7-11(15-8)21(19,20)16-10-6-9(4-5-13-10)2-3-12(17)18/h2-7H,1H3,(H,13,16)(H,14,15)(H,17,18)/b3-2+. The van der Waals surface area contributed by atoms with Crippen molar-refractivity contribution in [1.29, 1.82) is 0 Å². The van der Waals surface area contributed by atoms with Crippen LogP contribution in [-0.4, -0.2) is 34.4 Å². The van der Waals surface area contributed by atoms with Gasteiger partial charge in [0.2, 0.25) is 0 Å². The molecule has 0 radical (unpaired) electrons. The molecule has 8 nitrogen and oxygen atoms in total. The first kappa shape index (κ1) is 14.7. The number of aromatic nitrogens is 3. The highest BCUT2D eigenvalue weighted by atomic mass is 32.2. The summed E-state index contributed by atoms with van der Waals surface area (Å²) < 4.78 is 26.4. The minimum atomic E-state index is -3.81. The van der Waals surface area contributed by atoms with Gasteiger partial charge in [0.25, 0.3) is 10.0 Å². The Labute approximate surface area is 120 Å². The Morgan fingerprint density at radius 2 is 2.19 bits per heavy atom. The molecule has 3 N–H and O–H groups in total. The zero-order chi connectivity index (χ0) is 15.5. The molecule has 2 aromatic heterocycles. The van der Waals surface area contributed by atoms with Crippen molar-refractivity contribution in [2.75, 3.05) is 4.72 Å². The van der Waals surface area contributed by atoms with Crippen LogP contribution in [0.4, 0.5) is 5.82 Å². The lowest BCUT2D eigenvalue weighted by molar-refractivity contribution is -0.131. The van der Waals surface area contributed by atoms with Gasteiger partial charge in [0.1, 0.15) is 11.6 Å². The number of carboxylic acid groups (broad SMARTS) is 1. The molecule has 9 heteroatoms. The van der Waals surface area contributed by atoms with Crippen molar-refractivity contribution >= 4 is 27.9 Å². The van der Waals surface area contributed by atoms with E-state index in [9.17, 15) is 13.2 Å². The number of carbonyl (C=O) groups is 1. The molecule has 2 aromatic rings. The van der Waals surface area contributed by atoms with E-state index in [2.05, 4.69) is 19.7 Å². The highest BCUT2D eigenvalue weighted by Crippen LogP contribution is 2.14. The Balaban J connectivity index is 2.23. The van der Waals surface area contributed by atoms with Crippen molar-refractivity contribution in [3.05, 3.63) is 42.0 Å². The smallest absolute Gasteiger partial charge is 0.328 e. The highest BCUT2D eigenvalue weighted by Gasteiger charge is 2.17. The van der Waals surface area contributed by atoms with E-state index >= 15 is 0 Å². The summed E-state index contributed by atoms with van der Waals surface area (Å²) in [7, 11) is -3.81. The molecule has 21 heavy (non-hydrogen) atoms. The SMILES string of the molecule is Cc1ncc(S(=O)(=O)Nc2cc(/C=C/C(=O)O)ccn2)[nH]1. The van der Waals surface area contributed by atoms with Gasteiger partial charge in [0.15, 0.2) is 5.03 Å². The first-order valence-electron chi connectivity index (χ1n) is 5.78. The second-order valence-corrected chi connectivity index (χ2v) is 5.74. The third-order valence-corrected chi connectivity index (χ3v) is 3.67. The first-order chi connectivity index (χ1) is 9.87. The Morgan fingerprint density at radius 1 is 1.43 bits per heavy atom. The van der Waals surface area contributed by atoms with Crippen LogP contribution < -0.4 is 4.72 Å². The van der Waals surface area contributed by atoms with E-state index in [1.165, 1.54) is 24.5 Å². The van der Waals surface area contributed by atoms with Crippen molar-refractivity contribution in [3.63, 3.8) is 0 Å². The lowest BCUT2D eigenvalue weighted by Crippen LogP contribution is -2.14. The van der Waals surface area contributed by atoms with Gasteiger partial charge in [-0.3, -0.25) is 4.72 Å². The van der Waals surface area contributed by atoms with Gasteiger partial charge >= 0.3 is 5.97 Å². The van der Waals surface area contributed by atoms with E-state index < -0.39 is 16.0 Å². The van der Waals surface area contributed by atoms with Crippen LogP contribution in [0.1, 0.15) is 11.4 Å². The summed E-state index contributed by atoms with van der Waals surface area (Å²) in [6.45, 7) is 1.63. The quantitative estimate of drug-likeness (QED) is 0.708. The summed E-state index contributed by atoms with van der Waals surface area (Å²) in [4.78, 5) is 20.8. The zero-order valence-electron chi connectivity index (χ0n) is 10.9. The Morgan fingerprint density at radius 3 is 2.81 bits per heavy atom. The van der Waals surface area contributed by atoms with Crippen molar-refractivity contribution in [1.82, 2.24) is 15.0 Å². The minimum Gasteiger partial charge on any atom is -0.478 e. The van der Waals surface area contributed by atoms with Crippen LogP contribution in [0.3, 0.4) is 0 Å². The number of hydrogen-bond acceptors (Lipinski definition) is 5. The number of H-pyrrole nitrogens is 1. The summed E-state index contributed by atoms with van der Waals surface area (Å²) in [5, 5.41) is 8.48. The largest absolute Gasteiger partial charge is 0.478 e. The predicted molar refractivity (Wildman–Crippen MR) is 75.0 cm³/mol. The number of anilines is 1. The molecular formula is C12H12N4O4S. The number of carboxylic acids is 1. The monoisotopic (exact) mass is 308 g/mol. The third kappa shape index (κ3) is 3.89. The van der Waals surface area contributed by atoms with Crippen molar-refractivity contribution in [3.8, 4) is 0 Å². The van der Waals surface area contributed by atoms with Gasteiger partial charge in [-0.25, -0.2) is 14.8 Å². The van der Waals surface area contributed by atoms with Crippen molar-refractivity contribution in [2.45, 2.75) is 11.9 Å². The average Bonchev–Trinajstić information content (AvgIpc) is 2.84. The number of hydrogen-bond donors (Lipinski definition) is 3. The maximum Gasteiger partial charge on any atom is 0.328 e.